The van der Waals surface area contributed by atoms with Crippen LogP contribution in [0.5, 0.6) is 11.5 Å². The second kappa shape index (κ2) is 12.3. The van der Waals surface area contributed by atoms with Gasteiger partial charge in [-0.2, -0.15) is 0 Å². The third-order valence-corrected chi connectivity index (χ3v) is 7.36. The van der Waals surface area contributed by atoms with E-state index in [0.29, 0.717) is 33.9 Å². The van der Waals surface area contributed by atoms with Crippen molar-refractivity contribution in [3.63, 3.8) is 0 Å². The second-order valence-electron chi connectivity index (χ2n) is 8.20. The Bertz CT molecular complexity index is 1490. The predicted octanol–water partition coefficient (Wildman–Crippen LogP) is 6.11. The molecule has 1 N–H and O–H groups in total. The lowest BCUT2D eigenvalue weighted by atomic mass is 10.1. The molecule has 1 saturated heterocycles. The molecule has 0 aliphatic carbocycles. The van der Waals surface area contributed by atoms with Gasteiger partial charge in [0.1, 0.15) is 6.61 Å². The molecular weight excluding hydrogens is 637 g/mol. The number of nitro benzene ring substituents is 1. The summed E-state index contributed by atoms with van der Waals surface area (Å²) in [5.74, 6) is -0.194. The average Bonchev–Trinajstić information content (AvgIpc) is 3.16. The van der Waals surface area contributed by atoms with Crippen molar-refractivity contribution in [1.82, 2.24) is 4.90 Å². The molecule has 10 nitrogen and oxygen atoms in total. The zero-order chi connectivity index (χ0) is 28.1. The lowest BCUT2D eigenvalue weighted by molar-refractivity contribution is -0.384. The van der Waals surface area contributed by atoms with Gasteiger partial charge in [0.15, 0.2) is 16.7 Å². The minimum absolute atomic E-state index is 0.00925. The van der Waals surface area contributed by atoms with E-state index in [1.807, 2.05) is 13.0 Å². The number of carbonyl (C=O) groups excluding carboxylic acids is 1. The van der Waals surface area contributed by atoms with Crippen LogP contribution in [0.25, 0.3) is 6.08 Å². The molecule has 0 aromatic heterocycles. The fourth-order valence-electron chi connectivity index (χ4n) is 3.54. The molecule has 0 atom stereocenters. The van der Waals surface area contributed by atoms with Crippen LogP contribution in [0.3, 0.4) is 0 Å². The molecule has 0 saturated carbocycles. The first-order chi connectivity index (χ1) is 18.7. The summed E-state index contributed by atoms with van der Waals surface area (Å²) in [4.78, 5) is 40.8. The Morgan fingerprint density at radius 3 is 2.46 bits per heavy atom. The van der Waals surface area contributed by atoms with E-state index in [4.69, 9.17) is 14.6 Å². The summed E-state index contributed by atoms with van der Waals surface area (Å²) >= 11 is 3.35. The maximum atomic E-state index is 12.9. The van der Waals surface area contributed by atoms with Gasteiger partial charge in [-0.05, 0) is 107 Å². The number of carbonyl (C=O) groups is 2. The summed E-state index contributed by atoms with van der Waals surface area (Å²) in [6.45, 7) is 2.45. The molecule has 0 spiro atoms. The Morgan fingerprint density at radius 2 is 1.85 bits per heavy atom. The molecule has 39 heavy (non-hydrogen) atoms. The van der Waals surface area contributed by atoms with Gasteiger partial charge in [0.25, 0.3) is 11.6 Å². The molecule has 3 aromatic rings. The minimum Gasteiger partial charge on any atom is -0.490 e. The van der Waals surface area contributed by atoms with Crippen LogP contribution in [-0.2, 0) is 11.4 Å². The third-order valence-electron chi connectivity index (χ3n) is 5.50. The van der Waals surface area contributed by atoms with E-state index in [0.717, 1.165) is 14.7 Å². The molecule has 3 aromatic carbocycles. The molecule has 4 rings (SSSR count). The highest BCUT2D eigenvalue weighted by molar-refractivity contribution is 14.1. The highest BCUT2D eigenvalue weighted by Crippen LogP contribution is 2.38. The standard InChI is InChI=1S/C27H22IN3O7S/c1-3-37-22-13-17(12-21(28)24(22)38-15-16-4-10-20(11-5-16)31(35)36)14-23-25(32)30(2)27(39-23)29-19-8-6-18(7-9-19)26(33)34/h4-14H,3,15H2,1-2H3,(H,33,34)/b23-14-,29-27?. The predicted molar refractivity (Wildman–Crippen MR) is 157 cm³/mol. The number of benzene rings is 3. The van der Waals surface area contributed by atoms with Crippen LogP contribution in [0.1, 0.15) is 28.4 Å². The molecule has 1 amide bonds. The number of carboxylic acid groups (broad SMARTS) is 1. The molecule has 200 valence electrons. The molecule has 1 fully saturated rings. The summed E-state index contributed by atoms with van der Waals surface area (Å²) in [6.07, 6.45) is 1.75. The number of likely N-dealkylation sites (N-methyl/N-ethyl adjacent to an activating group) is 1. The number of nitrogens with zero attached hydrogens (tertiary/aromatic N) is 3. The van der Waals surface area contributed by atoms with Crippen LogP contribution < -0.4 is 9.47 Å². The van der Waals surface area contributed by atoms with Gasteiger partial charge in [-0.3, -0.25) is 19.8 Å². The van der Waals surface area contributed by atoms with Crippen LogP contribution in [0.15, 0.2) is 70.6 Å². The van der Waals surface area contributed by atoms with Crippen LogP contribution in [-0.4, -0.2) is 45.6 Å². The summed E-state index contributed by atoms with van der Waals surface area (Å²) in [5.41, 5.74) is 2.20. The number of non-ortho nitro benzene ring substituents is 1. The van der Waals surface area contributed by atoms with E-state index >= 15 is 0 Å². The maximum absolute atomic E-state index is 12.9. The highest BCUT2D eigenvalue weighted by atomic mass is 127. The summed E-state index contributed by atoms with van der Waals surface area (Å²) in [5, 5.41) is 20.4. The molecule has 0 unspecified atom stereocenters. The fourth-order valence-corrected chi connectivity index (χ4v) is 5.30. The van der Waals surface area contributed by atoms with Crippen molar-refractivity contribution < 1.29 is 29.1 Å². The number of ether oxygens (including phenoxy) is 2. The summed E-state index contributed by atoms with van der Waals surface area (Å²) in [6, 6.07) is 15.9. The number of amides is 1. The Morgan fingerprint density at radius 1 is 1.15 bits per heavy atom. The van der Waals surface area contributed by atoms with Crippen LogP contribution in [0, 0.1) is 13.7 Å². The zero-order valence-electron chi connectivity index (χ0n) is 20.8. The molecule has 12 heteroatoms. The van der Waals surface area contributed by atoms with E-state index in [1.165, 1.54) is 40.9 Å². The quantitative estimate of drug-likeness (QED) is 0.126. The smallest absolute Gasteiger partial charge is 0.335 e. The van der Waals surface area contributed by atoms with Crippen molar-refractivity contribution in [2.75, 3.05) is 13.7 Å². The van der Waals surface area contributed by atoms with Crippen LogP contribution in [0.2, 0.25) is 0 Å². The van der Waals surface area contributed by atoms with Gasteiger partial charge in [0.05, 0.1) is 31.3 Å². The van der Waals surface area contributed by atoms with E-state index < -0.39 is 10.9 Å². The normalized spacial score (nSPS) is 15.2. The number of aromatic carboxylic acids is 1. The SMILES string of the molecule is CCOc1cc(/C=C2\SC(=Nc3ccc(C(=O)O)cc3)N(C)C2=O)cc(I)c1OCc1ccc([N+](=O)[O-])cc1. The molecular formula is C27H22IN3O7S. The highest BCUT2D eigenvalue weighted by Gasteiger charge is 2.30. The van der Waals surface area contributed by atoms with Gasteiger partial charge < -0.3 is 14.6 Å². The minimum atomic E-state index is -1.02. The maximum Gasteiger partial charge on any atom is 0.335 e. The largest absolute Gasteiger partial charge is 0.490 e. The zero-order valence-corrected chi connectivity index (χ0v) is 23.8. The summed E-state index contributed by atoms with van der Waals surface area (Å²) < 4.78 is 12.6. The first-order valence-corrected chi connectivity index (χ1v) is 13.5. The van der Waals surface area contributed by atoms with Gasteiger partial charge in [0.2, 0.25) is 0 Å². The van der Waals surface area contributed by atoms with E-state index in [-0.39, 0.29) is 23.8 Å². The molecule has 0 bridgehead atoms. The first kappa shape index (κ1) is 28.1. The van der Waals surface area contributed by atoms with Crippen molar-refractivity contribution in [2.45, 2.75) is 13.5 Å². The lowest BCUT2D eigenvalue weighted by Crippen LogP contribution is -2.23. The van der Waals surface area contributed by atoms with Gasteiger partial charge in [-0.1, -0.05) is 0 Å². The van der Waals surface area contributed by atoms with E-state index in [1.54, 1.807) is 43.5 Å². The Kier molecular flexibility index (Phi) is 8.86. The number of thioether (sulfide) groups is 1. The first-order valence-electron chi connectivity index (χ1n) is 11.6. The molecule has 1 aliphatic heterocycles. The molecule has 1 heterocycles. The number of rotatable bonds is 9. The number of carboxylic acids is 1. The van der Waals surface area contributed by atoms with Crippen molar-refractivity contribution in [3.8, 4) is 11.5 Å². The molecule has 0 radical (unpaired) electrons. The summed E-state index contributed by atoms with van der Waals surface area (Å²) in [7, 11) is 1.63. The monoisotopic (exact) mass is 659 g/mol. The van der Waals surface area contributed by atoms with Crippen molar-refractivity contribution >= 4 is 68.8 Å². The Hall–Kier alpha value is -3.91. The topological polar surface area (TPSA) is 132 Å². The van der Waals surface area contributed by atoms with Crippen LogP contribution >= 0.6 is 34.4 Å². The number of halogens is 1. The van der Waals surface area contributed by atoms with Crippen molar-refractivity contribution in [1.29, 1.82) is 0 Å². The second-order valence-corrected chi connectivity index (χ2v) is 10.4. The third kappa shape index (κ3) is 6.75. The number of hydrogen-bond acceptors (Lipinski definition) is 8. The number of aliphatic imine (C=N–C) groups is 1. The Labute approximate surface area is 241 Å². The number of amidine groups is 1. The van der Waals surface area contributed by atoms with Crippen molar-refractivity contribution in [3.05, 3.63) is 95.9 Å². The van der Waals surface area contributed by atoms with Gasteiger partial charge in [0, 0.05) is 19.2 Å². The number of hydrogen-bond donors (Lipinski definition) is 1. The average molecular weight is 659 g/mol. The fraction of sp³-hybridized carbons (Fsp3) is 0.148. The number of nitro groups is 1. The van der Waals surface area contributed by atoms with Crippen molar-refractivity contribution in [2.24, 2.45) is 4.99 Å². The molecule has 1 aliphatic rings. The van der Waals surface area contributed by atoms with Gasteiger partial charge in [-0.15, -0.1) is 0 Å². The van der Waals surface area contributed by atoms with E-state index in [9.17, 15) is 19.7 Å². The van der Waals surface area contributed by atoms with E-state index in [2.05, 4.69) is 27.6 Å². The lowest BCUT2D eigenvalue weighted by Gasteiger charge is -2.15. The van der Waals surface area contributed by atoms with Gasteiger partial charge >= 0.3 is 5.97 Å². The van der Waals surface area contributed by atoms with Gasteiger partial charge in [-0.25, -0.2) is 9.79 Å². The van der Waals surface area contributed by atoms with Crippen LogP contribution in [0.4, 0.5) is 11.4 Å². The Balaban J connectivity index is 1.55.